The van der Waals surface area contributed by atoms with Crippen LogP contribution in [0.1, 0.15) is 24.0 Å². The highest BCUT2D eigenvalue weighted by atomic mass is 16.5. The molecule has 3 heterocycles. The Balaban J connectivity index is 1.35. The highest BCUT2D eigenvalue weighted by Crippen LogP contribution is 2.30. The van der Waals surface area contributed by atoms with E-state index in [9.17, 15) is 0 Å². The molecule has 4 rings (SSSR count). The highest BCUT2D eigenvalue weighted by molar-refractivity contribution is 5.80. The average Bonchev–Trinajstić information content (AvgIpc) is 3.48. The monoisotopic (exact) mass is 441 g/mol. The molecule has 2 aromatic rings. The lowest BCUT2D eigenvalue weighted by atomic mass is 10.1. The fraction of sp³-hybridized carbons (Fsp3) is 0.542. The Labute approximate surface area is 190 Å². The molecule has 8 heteroatoms. The van der Waals surface area contributed by atoms with Crippen molar-refractivity contribution in [3.63, 3.8) is 0 Å². The largest absolute Gasteiger partial charge is 0.495 e. The molecule has 0 aliphatic carbocycles. The Hall–Kier alpha value is -2.71. The van der Waals surface area contributed by atoms with Gasteiger partial charge in [0.2, 0.25) is 0 Å². The third kappa shape index (κ3) is 5.37. The second-order valence-electron chi connectivity index (χ2n) is 8.31. The maximum absolute atomic E-state index is 5.98. The van der Waals surface area contributed by atoms with E-state index in [0.29, 0.717) is 6.04 Å². The number of ether oxygens (including phenoxy) is 2. The van der Waals surface area contributed by atoms with E-state index < -0.39 is 0 Å². The van der Waals surface area contributed by atoms with E-state index >= 15 is 0 Å². The van der Waals surface area contributed by atoms with Crippen molar-refractivity contribution in [1.82, 2.24) is 15.5 Å². The molecular weight excluding hydrogens is 406 g/mol. The first-order chi connectivity index (χ1) is 15.7. The zero-order valence-electron chi connectivity index (χ0n) is 19.3. The van der Waals surface area contributed by atoms with Gasteiger partial charge in [0.1, 0.15) is 17.3 Å². The molecule has 2 aliphatic rings. The molecule has 0 spiro atoms. The second kappa shape index (κ2) is 10.7. The van der Waals surface area contributed by atoms with E-state index in [1.54, 1.807) is 7.11 Å². The van der Waals surface area contributed by atoms with Crippen LogP contribution < -0.4 is 20.3 Å². The number of guanidine groups is 1. The number of morpholine rings is 1. The minimum absolute atomic E-state index is 0.139. The van der Waals surface area contributed by atoms with Crippen molar-refractivity contribution >= 4 is 11.6 Å². The van der Waals surface area contributed by atoms with Crippen molar-refractivity contribution in [3.05, 3.63) is 47.9 Å². The van der Waals surface area contributed by atoms with Crippen LogP contribution >= 0.6 is 0 Å². The topological polar surface area (TPSA) is 74.5 Å². The van der Waals surface area contributed by atoms with Gasteiger partial charge >= 0.3 is 0 Å². The first-order valence-electron chi connectivity index (χ1n) is 11.4. The first-order valence-corrected chi connectivity index (χ1v) is 11.4. The van der Waals surface area contributed by atoms with Crippen LogP contribution in [0.2, 0.25) is 0 Å². The summed E-state index contributed by atoms with van der Waals surface area (Å²) in [5.41, 5.74) is 1.14. The van der Waals surface area contributed by atoms with Crippen LogP contribution in [0.5, 0.6) is 5.75 Å². The number of methoxy groups -OCH3 is 1. The molecular formula is C24H35N5O3. The molecule has 0 bridgehead atoms. The van der Waals surface area contributed by atoms with Crippen LogP contribution in [0.15, 0.2) is 45.8 Å². The summed E-state index contributed by atoms with van der Waals surface area (Å²) >= 11 is 0. The van der Waals surface area contributed by atoms with Crippen LogP contribution in [0.25, 0.3) is 0 Å². The van der Waals surface area contributed by atoms with Gasteiger partial charge in [-0.1, -0.05) is 12.1 Å². The number of aliphatic imine (C=N–C) groups is 1. The van der Waals surface area contributed by atoms with Gasteiger partial charge in [-0.05, 0) is 37.6 Å². The number of nitrogens with zero attached hydrogens (tertiary/aromatic N) is 3. The van der Waals surface area contributed by atoms with Gasteiger partial charge in [-0.3, -0.25) is 9.89 Å². The van der Waals surface area contributed by atoms with Crippen molar-refractivity contribution in [3.8, 4) is 5.75 Å². The second-order valence-corrected chi connectivity index (χ2v) is 8.31. The lowest BCUT2D eigenvalue weighted by molar-refractivity contribution is 0.0124. The van der Waals surface area contributed by atoms with Crippen molar-refractivity contribution in [2.24, 2.45) is 4.99 Å². The van der Waals surface area contributed by atoms with Crippen molar-refractivity contribution < 1.29 is 13.9 Å². The van der Waals surface area contributed by atoms with Crippen LogP contribution in [0.3, 0.4) is 0 Å². The van der Waals surface area contributed by atoms with Crippen LogP contribution in [-0.4, -0.2) is 77.0 Å². The molecule has 1 aromatic heterocycles. The Morgan fingerprint density at radius 2 is 2.00 bits per heavy atom. The van der Waals surface area contributed by atoms with Crippen molar-refractivity contribution in [2.75, 3.05) is 65.0 Å². The molecule has 8 nitrogen and oxygen atoms in total. The Morgan fingerprint density at radius 3 is 2.72 bits per heavy atom. The molecule has 1 aromatic carbocycles. The van der Waals surface area contributed by atoms with E-state index in [1.165, 1.54) is 0 Å². The molecule has 174 valence electrons. The van der Waals surface area contributed by atoms with Gasteiger partial charge in [0, 0.05) is 45.8 Å². The maximum atomic E-state index is 5.98. The smallest absolute Gasteiger partial charge is 0.191 e. The SMILES string of the molecule is CN=C(NCC(c1ccc(C)o1)N1CCOCC1)NC1CCN(c2ccccc2OC)C1. The summed E-state index contributed by atoms with van der Waals surface area (Å²) in [6.45, 7) is 7.90. The number of para-hydroxylation sites is 2. The third-order valence-corrected chi connectivity index (χ3v) is 6.22. The minimum Gasteiger partial charge on any atom is -0.495 e. The van der Waals surface area contributed by atoms with E-state index in [0.717, 1.165) is 81.3 Å². The number of rotatable bonds is 7. The molecule has 0 amide bonds. The number of hydrogen-bond acceptors (Lipinski definition) is 6. The summed E-state index contributed by atoms with van der Waals surface area (Å²) < 4.78 is 17.1. The van der Waals surface area contributed by atoms with Gasteiger partial charge in [0.05, 0.1) is 32.1 Å². The number of hydrogen-bond donors (Lipinski definition) is 2. The van der Waals surface area contributed by atoms with Gasteiger partial charge < -0.3 is 29.4 Å². The van der Waals surface area contributed by atoms with Crippen LogP contribution in [-0.2, 0) is 4.74 Å². The lowest BCUT2D eigenvalue weighted by Gasteiger charge is -2.33. The van der Waals surface area contributed by atoms with Gasteiger partial charge in [0.25, 0.3) is 0 Å². The van der Waals surface area contributed by atoms with E-state index in [2.05, 4.69) is 43.6 Å². The minimum atomic E-state index is 0.139. The molecule has 0 saturated carbocycles. The summed E-state index contributed by atoms with van der Waals surface area (Å²) in [6.07, 6.45) is 1.04. The number of benzene rings is 1. The highest BCUT2D eigenvalue weighted by Gasteiger charge is 2.27. The summed E-state index contributed by atoms with van der Waals surface area (Å²) in [4.78, 5) is 9.26. The predicted octanol–water partition coefficient (Wildman–Crippen LogP) is 2.41. The number of aryl methyl sites for hydroxylation is 1. The molecule has 2 saturated heterocycles. The summed E-state index contributed by atoms with van der Waals surface area (Å²) in [7, 11) is 3.55. The molecule has 32 heavy (non-hydrogen) atoms. The third-order valence-electron chi connectivity index (χ3n) is 6.22. The van der Waals surface area contributed by atoms with Crippen LogP contribution in [0, 0.1) is 6.92 Å². The van der Waals surface area contributed by atoms with Gasteiger partial charge in [0.15, 0.2) is 5.96 Å². The molecule has 0 radical (unpaired) electrons. The zero-order chi connectivity index (χ0) is 22.3. The number of nitrogens with one attached hydrogen (secondary N) is 2. The van der Waals surface area contributed by atoms with Crippen molar-refractivity contribution in [1.29, 1.82) is 0 Å². The van der Waals surface area contributed by atoms with E-state index in [-0.39, 0.29) is 6.04 Å². The average molecular weight is 442 g/mol. The predicted molar refractivity (Wildman–Crippen MR) is 127 cm³/mol. The standard InChI is InChI=1S/C24H35N5O3/c1-18-8-9-23(32-18)21(28-12-14-31-15-13-28)16-26-24(25-2)27-19-10-11-29(17-19)20-6-4-5-7-22(20)30-3/h4-9,19,21H,10-17H2,1-3H3,(H2,25,26,27). The first kappa shape index (κ1) is 22.5. The van der Waals surface area contributed by atoms with Crippen LogP contribution in [0.4, 0.5) is 5.69 Å². The van der Waals surface area contributed by atoms with E-state index in [4.69, 9.17) is 13.9 Å². The summed E-state index contributed by atoms with van der Waals surface area (Å²) in [6, 6.07) is 12.8. The van der Waals surface area contributed by atoms with E-state index in [1.807, 2.05) is 32.2 Å². The van der Waals surface area contributed by atoms with Gasteiger partial charge in [-0.2, -0.15) is 0 Å². The summed E-state index contributed by atoms with van der Waals surface area (Å²) in [5.74, 6) is 3.65. The maximum Gasteiger partial charge on any atom is 0.191 e. The summed E-state index contributed by atoms with van der Waals surface area (Å²) in [5, 5.41) is 7.13. The fourth-order valence-electron chi connectivity index (χ4n) is 4.50. The van der Waals surface area contributed by atoms with Gasteiger partial charge in [-0.15, -0.1) is 0 Å². The number of anilines is 1. The quantitative estimate of drug-likeness (QED) is 0.505. The Bertz CT molecular complexity index is 893. The number of furan rings is 1. The molecule has 2 aliphatic heterocycles. The fourth-order valence-corrected chi connectivity index (χ4v) is 4.50. The molecule has 2 N–H and O–H groups in total. The van der Waals surface area contributed by atoms with Gasteiger partial charge in [-0.25, -0.2) is 0 Å². The zero-order valence-corrected chi connectivity index (χ0v) is 19.3. The van der Waals surface area contributed by atoms with Crippen molar-refractivity contribution in [2.45, 2.75) is 25.4 Å². The normalized spacial score (nSPS) is 20.9. The molecule has 2 atom stereocenters. The lowest BCUT2D eigenvalue weighted by Crippen LogP contribution is -2.48. The molecule has 2 unspecified atom stereocenters. The Morgan fingerprint density at radius 1 is 1.19 bits per heavy atom. The molecule has 2 fully saturated rings. The Kier molecular flexibility index (Phi) is 7.55.